The van der Waals surface area contributed by atoms with Crippen molar-refractivity contribution in [2.45, 2.75) is 12.8 Å². The predicted octanol–water partition coefficient (Wildman–Crippen LogP) is 1.87. The van der Waals surface area contributed by atoms with Gasteiger partial charge in [-0.25, -0.2) is 0 Å². The smallest absolute Gasteiger partial charge is 0.306 e. The third-order valence-electron chi connectivity index (χ3n) is 4.44. The Labute approximate surface area is 154 Å². The monoisotopic (exact) mass is 373 g/mol. The average molecular weight is 373 g/mol. The number of nitrogens with one attached hydrogen (secondary N) is 1. The minimum absolute atomic E-state index is 0.00769. The molecule has 142 valence electrons. The van der Waals surface area contributed by atoms with Crippen LogP contribution in [0.2, 0.25) is 0 Å². The van der Waals surface area contributed by atoms with E-state index in [9.17, 15) is 14.4 Å². The van der Waals surface area contributed by atoms with E-state index in [2.05, 4.69) is 10.5 Å². The third kappa shape index (κ3) is 4.25. The van der Waals surface area contributed by atoms with Gasteiger partial charge in [-0.3, -0.25) is 14.4 Å². The number of carbonyl (C=O) groups excluding carboxylic acids is 2. The van der Waals surface area contributed by atoms with E-state index in [-0.39, 0.29) is 23.5 Å². The maximum absolute atomic E-state index is 12.5. The molecule has 1 aliphatic heterocycles. The van der Waals surface area contributed by atoms with Gasteiger partial charge in [0.2, 0.25) is 5.76 Å². The van der Waals surface area contributed by atoms with Crippen LogP contribution in [0.4, 0.5) is 5.69 Å². The second kappa shape index (κ2) is 7.90. The number of hydrogen-bond donors (Lipinski definition) is 2. The lowest BCUT2D eigenvalue weighted by Gasteiger charge is -2.30. The summed E-state index contributed by atoms with van der Waals surface area (Å²) in [6.45, 7) is 0.837. The van der Waals surface area contributed by atoms with Crippen LogP contribution in [0.1, 0.15) is 33.8 Å². The summed E-state index contributed by atoms with van der Waals surface area (Å²) in [6, 6.07) is 7.82. The number of carboxylic acids is 1. The Morgan fingerprint density at radius 1 is 1.22 bits per heavy atom. The van der Waals surface area contributed by atoms with Crippen LogP contribution in [0.25, 0.3) is 0 Å². The number of piperidine rings is 1. The molecule has 0 atom stereocenters. The number of likely N-dealkylation sites (tertiary alicyclic amines) is 1. The number of aliphatic carboxylic acids is 1. The molecule has 0 spiro atoms. The Hall–Kier alpha value is -3.36. The van der Waals surface area contributed by atoms with Gasteiger partial charge in [0.05, 0.1) is 19.1 Å². The number of hydrogen-bond acceptors (Lipinski definition) is 6. The van der Waals surface area contributed by atoms with Crippen molar-refractivity contribution in [2.75, 3.05) is 25.5 Å². The summed E-state index contributed by atoms with van der Waals surface area (Å²) in [4.78, 5) is 37.2. The quantitative estimate of drug-likeness (QED) is 0.820. The summed E-state index contributed by atoms with van der Waals surface area (Å²) < 4.78 is 9.72. The first-order valence-corrected chi connectivity index (χ1v) is 8.42. The van der Waals surface area contributed by atoms with E-state index in [1.165, 1.54) is 13.2 Å². The summed E-state index contributed by atoms with van der Waals surface area (Å²) in [5, 5.41) is 15.2. The largest absolute Gasteiger partial charge is 0.481 e. The SMILES string of the molecule is COc1cc(C(=O)Nc2ccc(C(=O)N3CCC(C(=O)O)CC3)cc2)on1. The van der Waals surface area contributed by atoms with Crippen molar-refractivity contribution in [1.82, 2.24) is 10.1 Å². The molecule has 1 aliphatic rings. The first-order valence-electron chi connectivity index (χ1n) is 8.42. The molecule has 1 saturated heterocycles. The van der Waals surface area contributed by atoms with Crippen molar-refractivity contribution in [2.24, 2.45) is 5.92 Å². The first kappa shape index (κ1) is 18.4. The number of rotatable bonds is 5. The highest BCUT2D eigenvalue weighted by atomic mass is 16.5. The van der Waals surface area contributed by atoms with E-state index in [1.54, 1.807) is 29.2 Å². The summed E-state index contributed by atoms with van der Waals surface area (Å²) in [6.07, 6.45) is 0.908. The topological polar surface area (TPSA) is 122 Å². The maximum atomic E-state index is 12.5. The second-order valence-corrected chi connectivity index (χ2v) is 6.17. The highest BCUT2D eigenvalue weighted by Gasteiger charge is 2.27. The lowest BCUT2D eigenvalue weighted by atomic mass is 9.96. The van der Waals surface area contributed by atoms with Crippen molar-refractivity contribution in [3.05, 3.63) is 41.7 Å². The van der Waals surface area contributed by atoms with Crippen LogP contribution in [0, 0.1) is 5.92 Å². The molecular weight excluding hydrogens is 354 g/mol. The van der Waals surface area contributed by atoms with Gasteiger partial charge in [0.1, 0.15) is 0 Å². The number of benzene rings is 1. The van der Waals surface area contributed by atoms with Crippen molar-refractivity contribution in [3.8, 4) is 5.88 Å². The van der Waals surface area contributed by atoms with Gasteiger partial charge < -0.3 is 24.6 Å². The number of carbonyl (C=O) groups is 3. The van der Waals surface area contributed by atoms with Crippen LogP contribution < -0.4 is 10.1 Å². The van der Waals surface area contributed by atoms with Crippen molar-refractivity contribution in [3.63, 3.8) is 0 Å². The van der Waals surface area contributed by atoms with E-state index in [0.29, 0.717) is 37.2 Å². The molecule has 2 amide bonds. The molecule has 3 rings (SSSR count). The molecule has 2 N–H and O–H groups in total. The van der Waals surface area contributed by atoms with Gasteiger partial charge in [0.25, 0.3) is 17.7 Å². The van der Waals surface area contributed by atoms with E-state index in [4.69, 9.17) is 14.4 Å². The van der Waals surface area contributed by atoms with Crippen LogP contribution >= 0.6 is 0 Å². The zero-order valence-corrected chi connectivity index (χ0v) is 14.7. The molecule has 1 fully saturated rings. The molecule has 2 heterocycles. The summed E-state index contributed by atoms with van der Waals surface area (Å²) in [7, 11) is 1.42. The fraction of sp³-hybridized carbons (Fsp3) is 0.333. The normalized spacial score (nSPS) is 14.6. The summed E-state index contributed by atoms with van der Waals surface area (Å²) in [5.74, 6) is -1.63. The van der Waals surface area contributed by atoms with Crippen LogP contribution in [0.5, 0.6) is 5.88 Å². The standard InChI is InChI=1S/C18H19N3O6/c1-26-15-10-14(27-20-15)16(22)19-13-4-2-11(3-5-13)17(23)21-8-6-12(7-9-21)18(24)25/h2-5,10,12H,6-9H2,1H3,(H,19,22)(H,24,25). The van der Waals surface area contributed by atoms with Gasteiger partial charge in [-0.05, 0) is 42.3 Å². The first-order chi connectivity index (χ1) is 13.0. The van der Waals surface area contributed by atoms with Gasteiger partial charge in [-0.1, -0.05) is 0 Å². The van der Waals surface area contributed by atoms with Gasteiger partial charge in [-0.2, -0.15) is 0 Å². The van der Waals surface area contributed by atoms with E-state index >= 15 is 0 Å². The molecule has 0 bridgehead atoms. The Morgan fingerprint density at radius 2 is 1.89 bits per heavy atom. The molecule has 2 aromatic rings. The minimum Gasteiger partial charge on any atom is -0.481 e. The minimum atomic E-state index is -0.813. The second-order valence-electron chi connectivity index (χ2n) is 6.17. The van der Waals surface area contributed by atoms with Crippen LogP contribution in [0.3, 0.4) is 0 Å². The van der Waals surface area contributed by atoms with Crippen molar-refractivity contribution >= 4 is 23.5 Å². The lowest BCUT2D eigenvalue weighted by molar-refractivity contribution is -0.143. The molecule has 1 aromatic heterocycles. The molecule has 0 aliphatic carbocycles. The highest BCUT2D eigenvalue weighted by Crippen LogP contribution is 2.20. The fourth-order valence-electron chi connectivity index (χ4n) is 2.86. The summed E-state index contributed by atoms with van der Waals surface area (Å²) in [5.41, 5.74) is 0.972. The number of nitrogens with zero attached hydrogens (tertiary/aromatic N) is 2. The predicted molar refractivity (Wildman–Crippen MR) is 93.7 cm³/mol. The maximum Gasteiger partial charge on any atom is 0.306 e. The Morgan fingerprint density at radius 3 is 2.44 bits per heavy atom. The Bertz CT molecular complexity index is 837. The molecule has 27 heavy (non-hydrogen) atoms. The van der Waals surface area contributed by atoms with Gasteiger partial charge in [0.15, 0.2) is 0 Å². The highest BCUT2D eigenvalue weighted by molar-refractivity contribution is 6.02. The number of anilines is 1. The van der Waals surface area contributed by atoms with E-state index in [1.807, 2.05) is 0 Å². The number of methoxy groups -OCH3 is 1. The Balaban J connectivity index is 1.59. The molecule has 0 unspecified atom stereocenters. The third-order valence-corrected chi connectivity index (χ3v) is 4.44. The van der Waals surface area contributed by atoms with Gasteiger partial charge in [-0.15, -0.1) is 0 Å². The molecule has 0 saturated carbocycles. The summed E-state index contributed by atoms with van der Waals surface area (Å²) >= 11 is 0. The van der Waals surface area contributed by atoms with E-state index < -0.39 is 11.9 Å². The van der Waals surface area contributed by atoms with Crippen LogP contribution in [-0.2, 0) is 4.79 Å². The fourth-order valence-corrected chi connectivity index (χ4v) is 2.86. The van der Waals surface area contributed by atoms with Gasteiger partial charge in [0, 0.05) is 24.3 Å². The molecular formula is C18H19N3O6. The Kier molecular flexibility index (Phi) is 5.39. The lowest BCUT2D eigenvalue weighted by Crippen LogP contribution is -2.40. The number of amides is 2. The molecule has 0 radical (unpaired) electrons. The van der Waals surface area contributed by atoms with Crippen LogP contribution in [0.15, 0.2) is 34.9 Å². The van der Waals surface area contributed by atoms with E-state index in [0.717, 1.165) is 0 Å². The van der Waals surface area contributed by atoms with Crippen molar-refractivity contribution in [1.29, 1.82) is 0 Å². The number of carboxylic acid groups (broad SMARTS) is 1. The molecule has 9 nitrogen and oxygen atoms in total. The van der Waals surface area contributed by atoms with Gasteiger partial charge >= 0.3 is 5.97 Å². The van der Waals surface area contributed by atoms with Crippen LogP contribution in [-0.4, -0.2) is 53.1 Å². The molecule has 1 aromatic carbocycles. The average Bonchev–Trinajstić information content (AvgIpc) is 3.17. The number of aromatic nitrogens is 1. The molecule has 9 heteroatoms. The number of ether oxygens (including phenoxy) is 1. The zero-order chi connectivity index (χ0) is 19.4. The van der Waals surface area contributed by atoms with Crippen molar-refractivity contribution < 1.29 is 28.8 Å². The zero-order valence-electron chi connectivity index (χ0n) is 14.7.